The van der Waals surface area contributed by atoms with Crippen molar-refractivity contribution >= 4 is 11.5 Å². The molecule has 0 N–H and O–H groups in total. The van der Waals surface area contributed by atoms with E-state index in [0.29, 0.717) is 18.2 Å². The summed E-state index contributed by atoms with van der Waals surface area (Å²) < 4.78 is 0. The van der Waals surface area contributed by atoms with Crippen LogP contribution in [0.3, 0.4) is 0 Å². The van der Waals surface area contributed by atoms with Gasteiger partial charge in [0.15, 0.2) is 5.78 Å². The summed E-state index contributed by atoms with van der Waals surface area (Å²) in [7, 11) is 0. The number of carbonyl (C=O) groups excluding carboxylic acids is 1. The Hall–Kier alpha value is -1.38. The molecule has 2 heterocycles. The molecule has 2 atom stereocenters. The molecule has 1 aliphatic heterocycles. The number of aromatic nitrogens is 1. The summed E-state index contributed by atoms with van der Waals surface area (Å²) in [6.07, 6.45) is 9.21. The maximum absolute atomic E-state index is 11.6. The van der Waals surface area contributed by atoms with Crippen LogP contribution in [-0.4, -0.2) is 23.4 Å². The summed E-state index contributed by atoms with van der Waals surface area (Å²) in [5, 5.41) is 0. The molecule has 0 radical (unpaired) electrons. The average molecular weight is 258 g/mol. The number of rotatable bonds is 3. The van der Waals surface area contributed by atoms with Crippen LogP contribution < -0.4 is 4.90 Å². The smallest absolute Gasteiger partial charge is 0.180 e. The zero-order chi connectivity index (χ0) is 13.2. The van der Waals surface area contributed by atoms with Gasteiger partial charge in [-0.1, -0.05) is 19.8 Å². The molecule has 3 nitrogen and oxygen atoms in total. The Bertz CT molecular complexity index is 454. The third-order valence-electron chi connectivity index (χ3n) is 4.70. The van der Waals surface area contributed by atoms with E-state index in [-0.39, 0.29) is 5.78 Å². The van der Waals surface area contributed by atoms with Crippen molar-refractivity contribution in [3.8, 4) is 0 Å². The minimum atomic E-state index is 0.128. The van der Waals surface area contributed by atoms with Crippen LogP contribution in [0.25, 0.3) is 0 Å². The van der Waals surface area contributed by atoms with Crippen molar-refractivity contribution in [3.63, 3.8) is 0 Å². The van der Waals surface area contributed by atoms with E-state index < -0.39 is 0 Å². The molecule has 2 unspecified atom stereocenters. The van der Waals surface area contributed by atoms with Crippen molar-refractivity contribution in [3.05, 3.63) is 24.0 Å². The molecule has 3 rings (SSSR count). The Balaban J connectivity index is 1.77. The molecule has 0 amide bonds. The number of carbonyl (C=O) groups is 1. The lowest BCUT2D eigenvalue weighted by Gasteiger charge is -2.33. The predicted molar refractivity (Wildman–Crippen MR) is 76.6 cm³/mol. The van der Waals surface area contributed by atoms with Gasteiger partial charge in [-0.05, 0) is 37.3 Å². The number of fused-ring (bicyclic) bond motifs is 1. The second kappa shape index (κ2) is 5.32. The van der Waals surface area contributed by atoms with Crippen molar-refractivity contribution in [2.75, 3.05) is 11.4 Å². The molecule has 1 aromatic heterocycles. The zero-order valence-corrected chi connectivity index (χ0v) is 11.6. The number of nitrogens with zero attached hydrogens (tertiary/aromatic N) is 2. The Morgan fingerprint density at radius 1 is 1.32 bits per heavy atom. The lowest BCUT2D eigenvalue weighted by atomic mass is 9.85. The minimum Gasteiger partial charge on any atom is -0.367 e. The van der Waals surface area contributed by atoms with Crippen molar-refractivity contribution in [2.45, 2.75) is 51.5 Å². The lowest BCUT2D eigenvalue weighted by Crippen LogP contribution is -2.34. The fraction of sp³-hybridized carbons (Fsp3) is 0.625. The highest BCUT2D eigenvalue weighted by Crippen LogP contribution is 2.38. The second-order valence-electron chi connectivity index (χ2n) is 5.77. The van der Waals surface area contributed by atoms with Gasteiger partial charge in [-0.25, -0.2) is 0 Å². The Morgan fingerprint density at radius 2 is 2.16 bits per heavy atom. The second-order valence-corrected chi connectivity index (χ2v) is 5.77. The van der Waals surface area contributed by atoms with E-state index in [1.165, 1.54) is 37.8 Å². The van der Waals surface area contributed by atoms with E-state index in [9.17, 15) is 4.79 Å². The standard InChI is InChI=1S/C16H22N2O/c1-2-16(19)14-8-7-13(11-17-14)18-10-9-12-5-3-4-6-15(12)18/h7-8,11-12,15H,2-6,9-10H2,1H3. The number of hydrogen-bond acceptors (Lipinski definition) is 3. The zero-order valence-electron chi connectivity index (χ0n) is 11.6. The molecule has 19 heavy (non-hydrogen) atoms. The van der Waals surface area contributed by atoms with Gasteiger partial charge in [0.05, 0.1) is 11.9 Å². The first-order chi connectivity index (χ1) is 9.29. The van der Waals surface area contributed by atoms with Gasteiger partial charge in [-0.2, -0.15) is 0 Å². The van der Waals surface area contributed by atoms with Crippen molar-refractivity contribution in [1.29, 1.82) is 0 Å². The van der Waals surface area contributed by atoms with E-state index >= 15 is 0 Å². The molecule has 0 bridgehead atoms. The van der Waals surface area contributed by atoms with Gasteiger partial charge in [-0.3, -0.25) is 9.78 Å². The van der Waals surface area contributed by atoms with Gasteiger partial charge in [0.2, 0.25) is 0 Å². The largest absolute Gasteiger partial charge is 0.367 e. The van der Waals surface area contributed by atoms with Crippen molar-refractivity contribution < 1.29 is 4.79 Å². The Labute approximate surface area is 115 Å². The van der Waals surface area contributed by atoms with Crippen LogP contribution in [0.2, 0.25) is 0 Å². The maximum Gasteiger partial charge on any atom is 0.180 e. The molecule has 0 aromatic carbocycles. The predicted octanol–water partition coefficient (Wildman–Crippen LogP) is 3.44. The lowest BCUT2D eigenvalue weighted by molar-refractivity contribution is 0.0983. The molecule has 1 aromatic rings. The summed E-state index contributed by atoms with van der Waals surface area (Å²) in [4.78, 5) is 18.4. The summed E-state index contributed by atoms with van der Waals surface area (Å²) in [5.41, 5.74) is 1.80. The van der Waals surface area contributed by atoms with Gasteiger partial charge < -0.3 is 4.90 Å². The first-order valence-electron chi connectivity index (χ1n) is 7.55. The van der Waals surface area contributed by atoms with Gasteiger partial charge in [0.1, 0.15) is 5.69 Å². The van der Waals surface area contributed by atoms with Crippen LogP contribution in [-0.2, 0) is 0 Å². The first-order valence-corrected chi connectivity index (χ1v) is 7.55. The fourth-order valence-electron chi connectivity index (χ4n) is 3.63. The summed E-state index contributed by atoms with van der Waals surface area (Å²) in [6, 6.07) is 4.67. The average Bonchev–Trinajstić information content (AvgIpc) is 2.90. The van der Waals surface area contributed by atoms with Gasteiger partial charge in [-0.15, -0.1) is 0 Å². The minimum absolute atomic E-state index is 0.128. The quantitative estimate of drug-likeness (QED) is 0.779. The monoisotopic (exact) mass is 258 g/mol. The highest BCUT2D eigenvalue weighted by atomic mass is 16.1. The molecular weight excluding hydrogens is 236 g/mol. The molecule has 1 saturated carbocycles. The van der Waals surface area contributed by atoms with Crippen LogP contribution >= 0.6 is 0 Å². The van der Waals surface area contributed by atoms with Crippen molar-refractivity contribution in [2.24, 2.45) is 5.92 Å². The number of pyridine rings is 1. The first kappa shape index (κ1) is 12.6. The number of anilines is 1. The highest BCUT2D eigenvalue weighted by molar-refractivity contribution is 5.94. The molecule has 2 fully saturated rings. The summed E-state index contributed by atoms with van der Waals surface area (Å²) >= 11 is 0. The molecule has 1 saturated heterocycles. The van der Waals surface area contributed by atoms with Gasteiger partial charge >= 0.3 is 0 Å². The van der Waals surface area contributed by atoms with Crippen LogP contribution in [0, 0.1) is 5.92 Å². The van der Waals surface area contributed by atoms with E-state index in [1.54, 1.807) is 0 Å². The van der Waals surface area contributed by atoms with Gasteiger partial charge in [0.25, 0.3) is 0 Å². The van der Waals surface area contributed by atoms with Gasteiger partial charge in [0, 0.05) is 19.0 Å². The van der Waals surface area contributed by atoms with Crippen LogP contribution in [0.15, 0.2) is 18.3 Å². The third-order valence-corrected chi connectivity index (χ3v) is 4.70. The highest BCUT2D eigenvalue weighted by Gasteiger charge is 2.35. The number of hydrogen-bond donors (Lipinski definition) is 0. The fourth-order valence-corrected chi connectivity index (χ4v) is 3.63. The molecule has 2 aliphatic rings. The summed E-state index contributed by atoms with van der Waals surface area (Å²) in [5.74, 6) is 1.01. The van der Waals surface area contributed by atoms with Crippen LogP contribution in [0.4, 0.5) is 5.69 Å². The Kier molecular flexibility index (Phi) is 3.54. The molecule has 1 aliphatic carbocycles. The van der Waals surface area contributed by atoms with Crippen LogP contribution in [0.5, 0.6) is 0 Å². The number of ketones is 1. The maximum atomic E-state index is 11.6. The molecular formula is C16H22N2O. The SMILES string of the molecule is CCC(=O)c1ccc(N2CCC3CCCCC32)cn1. The van der Waals surface area contributed by atoms with Crippen LogP contribution in [0.1, 0.15) is 55.9 Å². The van der Waals surface area contributed by atoms with E-state index in [0.717, 1.165) is 12.5 Å². The summed E-state index contributed by atoms with van der Waals surface area (Å²) in [6.45, 7) is 3.03. The molecule has 102 valence electrons. The topological polar surface area (TPSA) is 33.2 Å². The van der Waals surface area contributed by atoms with E-state index in [4.69, 9.17) is 0 Å². The van der Waals surface area contributed by atoms with E-state index in [1.807, 2.05) is 19.2 Å². The van der Waals surface area contributed by atoms with Crippen molar-refractivity contribution in [1.82, 2.24) is 4.98 Å². The normalized spacial score (nSPS) is 26.3. The van der Waals surface area contributed by atoms with E-state index in [2.05, 4.69) is 16.0 Å². The third kappa shape index (κ3) is 2.38. The molecule has 3 heteroatoms. The Morgan fingerprint density at radius 3 is 2.89 bits per heavy atom. The number of Topliss-reactive ketones (excluding diaryl/α,β-unsaturated/α-hetero) is 1. The molecule has 0 spiro atoms.